The van der Waals surface area contributed by atoms with Gasteiger partial charge in [-0.1, -0.05) is 0 Å². The number of amides is 2. The third kappa shape index (κ3) is 4.84. The first-order valence-corrected chi connectivity index (χ1v) is 11.5. The van der Waals surface area contributed by atoms with Crippen molar-refractivity contribution in [2.24, 2.45) is 5.73 Å². The Morgan fingerprint density at radius 3 is 2.29 bits per heavy atom. The minimum absolute atomic E-state index is 0.0781. The van der Waals surface area contributed by atoms with Gasteiger partial charge in [0.2, 0.25) is 11.4 Å². The van der Waals surface area contributed by atoms with Gasteiger partial charge in [-0.25, -0.2) is 4.98 Å². The molecule has 2 unspecified atom stereocenters. The average molecular weight is 482 g/mol. The Morgan fingerprint density at radius 2 is 1.68 bits per heavy atom. The molecule has 34 heavy (non-hydrogen) atoms. The highest BCUT2D eigenvalue weighted by atomic mass is 32.1. The zero-order chi connectivity index (χ0) is 24.1. The molecular formula is C24H23N3O6S. The molecule has 2 atom stereocenters. The molecular weight excluding hydrogens is 458 g/mol. The second-order valence-corrected chi connectivity index (χ2v) is 8.37. The number of nitrogens with two attached hydrogens (primary N) is 1. The summed E-state index contributed by atoms with van der Waals surface area (Å²) in [5.74, 6) is -1.10. The van der Waals surface area contributed by atoms with Crippen molar-refractivity contribution in [3.63, 3.8) is 0 Å². The number of imide groups is 1. The first-order chi connectivity index (χ1) is 16.4. The fourth-order valence-electron chi connectivity index (χ4n) is 3.46. The number of carbonyl (C=O) groups excluding carboxylic acids is 3. The van der Waals surface area contributed by atoms with Gasteiger partial charge in [0.25, 0.3) is 11.8 Å². The summed E-state index contributed by atoms with van der Waals surface area (Å²) in [4.78, 5) is 41.6. The van der Waals surface area contributed by atoms with Gasteiger partial charge < -0.3 is 19.9 Å². The molecule has 2 aromatic carbocycles. The molecule has 3 aromatic rings. The van der Waals surface area contributed by atoms with Crippen LogP contribution in [0.2, 0.25) is 0 Å². The van der Waals surface area contributed by atoms with E-state index in [0.29, 0.717) is 18.1 Å². The number of Topliss-reactive ketones (excluding diaryl/α,β-unsaturated/α-hetero) is 1. The number of piperidine rings is 1. The molecule has 176 valence electrons. The maximum Gasteiger partial charge on any atom is 0.278 e. The van der Waals surface area contributed by atoms with E-state index in [1.807, 2.05) is 29.6 Å². The predicted molar refractivity (Wildman–Crippen MR) is 125 cm³/mol. The van der Waals surface area contributed by atoms with E-state index in [9.17, 15) is 14.4 Å². The summed E-state index contributed by atoms with van der Waals surface area (Å²) < 4.78 is 17.0. The lowest BCUT2D eigenvalue weighted by molar-refractivity contribution is -0.159. The van der Waals surface area contributed by atoms with Crippen molar-refractivity contribution in [2.75, 3.05) is 13.2 Å². The zero-order valence-electron chi connectivity index (χ0n) is 18.4. The molecule has 1 aliphatic rings. The van der Waals surface area contributed by atoms with Gasteiger partial charge in [-0.2, -0.15) is 0 Å². The van der Waals surface area contributed by atoms with Crippen LogP contribution in [0.5, 0.6) is 17.2 Å². The molecule has 2 amide bonds. The van der Waals surface area contributed by atoms with E-state index in [-0.39, 0.29) is 18.8 Å². The number of thiazole rings is 1. The maximum absolute atomic E-state index is 12.9. The summed E-state index contributed by atoms with van der Waals surface area (Å²) in [5, 5.41) is 4.97. The van der Waals surface area contributed by atoms with E-state index in [0.717, 1.165) is 10.6 Å². The first kappa shape index (κ1) is 23.6. The van der Waals surface area contributed by atoms with E-state index in [1.165, 1.54) is 0 Å². The number of ether oxygens (including phenoxy) is 3. The average Bonchev–Trinajstić information content (AvgIpc) is 3.38. The summed E-state index contributed by atoms with van der Waals surface area (Å²) in [6.45, 7) is 2.26. The summed E-state index contributed by atoms with van der Waals surface area (Å²) in [6.07, 6.45) is 1.67. The van der Waals surface area contributed by atoms with Crippen LogP contribution < -0.4 is 20.5 Å². The first-order valence-electron chi connectivity index (χ1n) is 10.6. The molecule has 1 saturated heterocycles. The van der Waals surface area contributed by atoms with Crippen LogP contribution in [0.15, 0.2) is 60.1 Å². The Bertz CT molecular complexity index is 1160. The molecule has 1 aliphatic heterocycles. The molecule has 9 nitrogen and oxygen atoms in total. The van der Waals surface area contributed by atoms with Crippen LogP contribution in [-0.4, -0.2) is 47.4 Å². The van der Waals surface area contributed by atoms with Crippen LogP contribution in [0.4, 0.5) is 0 Å². The number of ketones is 1. The van der Waals surface area contributed by atoms with Crippen molar-refractivity contribution in [3.05, 3.63) is 60.1 Å². The van der Waals surface area contributed by atoms with Gasteiger partial charge in [0, 0.05) is 30.2 Å². The Labute approximate surface area is 199 Å². The molecule has 0 spiro atoms. The van der Waals surface area contributed by atoms with E-state index < -0.39 is 29.2 Å². The second kappa shape index (κ2) is 10.1. The molecule has 3 N–H and O–H groups in total. The molecule has 0 radical (unpaired) electrons. The van der Waals surface area contributed by atoms with Crippen molar-refractivity contribution in [3.8, 4) is 27.8 Å². The number of hydrogen-bond acceptors (Lipinski definition) is 9. The lowest BCUT2D eigenvalue weighted by Crippen LogP contribution is -2.70. The zero-order valence-corrected chi connectivity index (χ0v) is 19.2. The smallest absolute Gasteiger partial charge is 0.278 e. The van der Waals surface area contributed by atoms with Gasteiger partial charge in [-0.3, -0.25) is 19.7 Å². The van der Waals surface area contributed by atoms with Crippen LogP contribution >= 0.6 is 11.3 Å². The Hall–Kier alpha value is -3.60. The van der Waals surface area contributed by atoms with Crippen LogP contribution in [0, 0.1) is 0 Å². The summed E-state index contributed by atoms with van der Waals surface area (Å²) >= 11 is 1.56. The van der Waals surface area contributed by atoms with Crippen molar-refractivity contribution >= 4 is 28.9 Å². The molecule has 0 bridgehead atoms. The number of nitrogens with zero attached hydrogens (tertiary/aromatic N) is 1. The quantitative estimate of drug-likeness (QED) is 0.271. The fourth-order valence-corrected chi connectivity index (χ4v) is 4.11. The van der Waals surface area contributed by atoms with Crippen LogP contribution in [0.25, 0.3) is 10.6 Å². The minimum atomic E-state index is -1.96. The third-order valence-electron chi connectivity index (χ3n) is 5.25. The van der Waals surface area contributed by atoms with Crippen LogP contribution in [0.1, 0.15) is 13.3 Å². The fraction of sp³-hybridized carbons (Fsp3) is 0.250. The maximum atomic E-state index is 12.9. The van der Waals surface area contributed by atoms with E-state index >= 15 is 0 Å². The third-order valence-corrected chi connectivity index (χ3v) is 6.08. The van der Waals surface area contributed by atoms with Crippen LogP contribution in [0.3, 0.4) is 0 Å². The minimum Gasteiger partial charge on any atom is -0.469 e. The van der Waals surface area contributed by atoms with Crippen molar-refractivity contribution < 1.29 is 28.6 Å². The normalized spacial score (nSPS) is 20.2. The molecule has 1 aromatic heterocycles. The number of carbonyl (C=O) groups is 3. The van der Waals surface area contributed by atoms with Crippen molar-refractivity contribution in [1.29, 1.82) is 0 Å². The van der Waals surface area contributed by atoms with Gasteiger partial charge in [0.05, 0.1) is 6.61 Å². The lowest BCUT2D eigenvalue weighted by atomic mass is 9.85. The highest BCUT2D eigenvalue weighted by molar-refractivity contribution is 7.13. The number of nitrogens with one attached hydrogen (secondary N) is 1. The molecule has 10 heteroatoms. The lowest BCUT2D eigenvalue weighted by Gasteiger charge is -2.36. The SMILES string of the molecule is CCOCCC1(Oc2ccc(Oc3ccc(-c4nccs4)cc3)cc2)C(=O)NC(=O)C(N)C1=O. The predicted octanol–water partition coefficient (Wildman–Crippen LogP) is 2.70. The number of hydrogen-bond donors (Lipinski definition) is 2. The van der Waals surface area contributed by atoms with E-state index in [2.05, 4.69) is 10.3 Å². The largest absolute Gasteiger partial charge is 0.469 e. The summed E-state index contributed by atoms with van der Waals surface area (Å²) in [7, 11) is 0. The van der Waals surface area contributed by atoms with Gasteiger partial charge >= 0.3 is 0 Å². The molecule has 1 fully saturated rings. The van der Waals surface area contributed by atoms with Gasteiger partial charge in [-0.15, -0.1) is 11.3 Å². The van der Waals surface area contributed by atoms with Crippen molar-refractivity contribution in [1.82, 2.24) is 10.3 Å². The standard InChI is InChI=1S/C24H23N3O6S/c1-2-31-13-11-24(20(28)19(25)21(29)27-23(24)30)33-18-9-7-17(8-10-18)32-16-5-3-15(4-6-16)22-26-12-14-34-22/h3-10,12,14,19H,2,11,13,25H2,1H3,(H,27,29,30). The summed E-state index contributed by atoms with van der Waals surface area (Å²) in [6, 6.07) is 12.5. The van der Waals surface area contributed by atoms with Gasteiger partial charge in [0.15, 0.2) is 0 Å². The van der Waals surface area contributed by atoms with E-state index in [4.69, 9.17) is 19.9 Å². The highest BCUT2D eigenvalue weighted by Crippen LogP contribution is 2.31. The monoisotopic (exact) mass is 481 g/mol. The number of aromatic nitrogens is 1. The van der Waals surface area contributed by atoms with Crippen molar-refractivity contribution in [2.45, 2.75) is 25.0 Å². The highest BCUT2D eigenvalue weighted by Gasteiger charge is 2.56. The second-order valence-electron chi connectivity index (χ2n) is 7.47. The topological polar surface area (TPSA) is 130 Å². The molecule has 4 rings (SSSR count). The summed E-state index contributed by atoms with van der Waals surface area (Å²) in [5.41, 5.74) is 4.75. The molecule has 0 aliphatic carbocycles. The van der Waals surface area contributed by atoms with Gasteiger partial charge in [-0.05, 0) is 55.5 Å². The number of rotatable bonds is 9. The number of benzene rings is 2. The Balaban J connectivity index is 1.48. The Kier molecular flexibility index (Phi) is 7.01. The molecule has 0 saturated carbocycles. The Morgan fingerprint density at radius 1 is 1.03 bits per heavy atom. The van der Waals surface area contributed by atoms with Gasteiger partial charge in [0.1, 0.15) is 28.3 Å². The van der Waals surface area contributed by atoms with Crippen LogP contribution in [-0.2, 0) is 19.1 Å². The van der Waals surface area contributed by atoms with E-state index in [1.54, 1.807) is 48.7 Å². The molecule has 2 heterocycles.